The van der Waals surface area contributed by atoms with Gasteiger partial charge in [0.2, 0.25) is 0 Å². The number of aryl methyl sites for hydroxylation is 1. The lowest BCUT2D eigenvalue weighted by atomic mass is 10.1. The minimum absolute atomic E-state index is 0.0483. The Morgan fingerprint density at radius 1 is 1.26 bits per heavy atom. The second kappa shape index (κ2) is 3.94. The van der Waals surface area contributed by atoms with E-state index in [0.29, 0.717) is 5.52 Å². The molecule has 7 heteroatoms. The fraction of sp³-hybridized carbons (Fsp3) is 0.0833. The van der Waals surface area contributed by atoms with Crippen molar-refractivity contribution < 1.29 is 17.2 Å². The average Bonchev–Trinajstić information content (AvgIpc) is 2.66. The van der Waals surface area contributed by atoms with Gasteiger partial charge in [-0.15, -0.1) is 0 Å². The third-order valence-electron chi connectivity index (χ3n) is 2.88. The van der Waals surface area contributed by atoms with Crippen LogP contribution in [0.2, 0.25) is 0 Å². The summed E-state index contributed by atoms with van der Waals surface area (Å²) in [5.74, 6) is 0.0483. The lowest BCUT2D eigenvalue weighted by Gasteiger charge is -2.00. The van der Waals surface area contributed by atoms with Gasteiger partial charge in [-0.3, -0.25) is 9.54 Å². The SMILES string of the molecule is Cc1nccc2c1[nH]c1cc(OS(=O)(=O)O)ccc12. The first-order valence-electron chi connectivity index (χ1n) is 5.48. The van der Waals surface area contributed by atoms with E-state index in [4.69, 9.17) is 4.55 Å². The molecule has 0 bridgehead atoms. The highest BCUT2D eigenvalue weighted by molar-refractivity contribution is 7.81. The van der Waals surface area contributed by atoms with Crippen LogP contribution in [0.4, 0.5) is 0 Å². The Bertz CT molecular complexity index is 883. The van der Waals surface area contributed by atoms with Crippen molar-refractivity contribution in [1.29, 1.82) is 0 Å². The summed E-state index contributed by atoms with van der Waals surface area (Å²) in [6.45, 7) is 1.88. The van der Waals surface area contributed by atoms with E-state index >= 15 is 0 Å². The summed E-state index contributed by atoms with van der Waals surface area (Å²) >= 11 is 0. The highest BCUT2D eigenvalue weighted by Crippen LogP contribution is 2.29. The zero-order valence-electron chi connectivity index (χ0n) is 9.91. The number of pyridine rings is 1. The van der Waals surface area contributed by atoms with Gasteiger partial charge in [-0.2, -0.15) is 8.42 Å². The van der Waals surface area contributed by atoms with Crippen molar-refractivity contribution in [3.05, 3.63) is 36.2 Å². The van der Waals surface area contributed by atoms with Crippen LogP contribution in [0.25, 0.3) is 21.8 Å². The number of fused-ring (bicyclic) bond motifs is 3. The van der Waals surface area contributed by atoms with Gasteiger partial charge in [0, 0.05) is 23.0 Å². The molecule has 0 fully saturated rings. The molecule has 2 aromatic heterocycles. The molecule has 2 heterocycles. The van der Waals surface area contributed by atoms with E-state index in [1.165, 1.54) is 12.1 Å². The smallest absolute Gasteiger partial charge is 0.362 e. The predicted octanol–water partition coefficient (Wildman–Crippen LogP) is 2.21. The number of benzene rings is 1. The minimum atomic E-state index is -4.51. The van der Waals surface area contributed by atoms with Gasteiger partial charge in [0.25, 0.3) is 0 Å². The molecule has 6 nitrogen and oxygen atoms in total. The van der Waals surface area contributed by atoms with Gasteiger partial charge in [0.05, 0.1) is 16.7 Å². The fourth-order valence-electron chi connectivity index (χ4n) is 2.12. The van der Waals surface area contributed by atoms with E-state index in [2.05, 4.69) is 14.2 Å². The Hall–Kier alpha value is -2.12. The molecule has 1 aromatic carbocycles. The van der Waals surface area contributed by atoms with Crippen molar-refractivity contribution in [3.63, 3.8) is 0 Å². The zero-order valence-corrected chi connectivity index (χ0v) is 10.7. The third kappa shape index (κ3) is 2.13. The monoisotopic (exact) mass is 278 g/mol. The topological polar surface area (TPSA) is 92.3 Å². The van der Waals surface area contributed by atoms with Crippen LogP contribution in [0, 0.1) is 6.92 Å². The molecule has 0 atom stereocenters. The van der Waals surface area contributed by atoms with Gasteiger partial charge < -0.3 is 9.17 Å². The van der Waals surface area contributed by atoms with Gasteiger partial charge in [-0.1, -0.05) is 0 Å². The van der Waals surface area contributed by atoms with Crippen molar-refractivity contribution in [1.82, 2.24) is 9.97 Å². The molecule has 3 rings (SSSR count). The molecular formula is C12H10N2O4S. The summed E-state index contributed by atoms with van der Waals surface area (Å²) in [5.41, 5.74) is 2.46. The average molecular weight is 278 g/mol. The first-order valence-corrected chi connectivity index (χ1v) is 6.84. The fourth-order valence-corrected chi connectivity index (χ4v) is 2.47. The largest absolute Gasteiger partial charge is 0.446 e. The molecular weight excluding hydrogens is 268 g/mol. The first kappa shape index (κ1) is 11.9. The van der Waals surface area contributed by atoms with Crippen molar-refractivity contribution in [3.8, 4) is 5.75 Å². The predicted molar refractivity (Wildman–Crippen MR) is 70.5 cm³/mol. The highest BCUT2D eigenvalue weighted by atomic mass is 32.3. The molecule has 98 valence electrons. The quantitative estimate of drug-likeness (QED) is 0.701. The van der Waals surface area contributed by atoms with E-state index in [1.54, 1.807) is 12.3 Å². The summed E-state index contributed by atoms with van der Waals surface area (Å²) in [6, 6.07) is 6.61. The molecule has 3 aromatic rings. The molecule has 0 aliphatic heterocycles. The molecule has 0 saturated carbocycles. The standard InChI is InChI=1S/C12H10N2O4S/c1-7-12-10(4-5-13-7)9-3-2-8(6-11(9)14-12)18-19(15,16)17/h2-6,14H,1H3,(H,15,16,17). The molecule has 0 aliphatic carbocycles. The summed E-state index contributed by atoms with van der Waals surface area (Å²) in [5, 5.41) is 1.93. The second-order valence-corrected chi connectivity index (χ2v) is 5.18. The summed E-state index contributed by atoms with van der Waals surface area (Å²) in [4.78, 5) is 7.34. The first-order chi connectivity index (χ1) is 8.94. The number of rotatable bonds is 2. The molecule has 0 spiro atoms. The summed E-state index contributed by atoms with van der Waals surface area (Å²) in [7, 11) is -4.51. The maximum Gasteiger partial charge on any atom is 0.446 e. The van der Waals surface area contributed by atoms with E-state index in [9.17, 15) is 8.42 Å². The van der Waals surface area contributed by atoms with Crippen LogP contribution in [0.3, 0.4) is 0 Å². The van der Waals surface area contributed by atoms with E-state index in [-0.39, 0.29) is 5.75 Å². The Morgan fingerprint density at radius 3 is 2.79 bits per heavy atom. The molecule has 0 unspecified atom stereocenters. The number of H-pyrrole nitrogens is 1. The van der Waals surface area contributed by atoms with E-state index < -0.39 is 10.4 Å². The normalized spacial score (nSPS) is 12.1. The number of hydrogen-bond donors (Lipinski definition) is 2. The Kier molecular flexibility index (Phi) is 2.48. The highest BCUT2D eigenvalue weighted by Gasteiger charge is 2.11. The van der Waals surface area contributed by atoms with Crippen molar-refractivity contribution >= 4 is 32.2 Å². The minimum Gasteiger partial charge on any atom is -0.362 e. The molecule has 0 aliphatic rings. The van der Waals surface area contributed by atoms with Crippen LogP contribution in [-0.2, 0) is 10.4 Å². The number of nitrogens with one attached hydrogen (secondary N) is 1. The Morgan fingerprint density at radius 2 is 2.05 bits per heavy atom. The zero-order chi connectivity index (χ0) is 13.6. The van der Waals surface area contributed by atoms with Gasteiger partial charge >= 0.3 is 10.4 Å². The van der Waals surface area contributed by atoms with Gasteiger partial charge in [-0.05, 0) is 25.1 Å². The van der Waals surface area contributed by atoms with E-state index in [0.717, 1.165) is 22.0 Å². The summed E-state index contributed by atoms with van der Waals surface area (Å²) < 4.78 is 34.4. The van der Waals surface area contributed by atoms with Crippen LogP contribution < -0.4 is 4.18 Å². The Balaban J connectivity index is 2.24. The van der Waals surface area contributed by atoms with Crippen LogP contribution >= 0.6 is 0 Å². The third-order valence-corrected chi connectivity index (χ3v) is 3.29. The van der Waals surface area contributed by atoms with Crippen molar-refractivity contribution in [2.45, 2.75) is 6.92 Å². The maximum absolute atomic E-state index is 10.7. The Labute approximate surface area is 109 Å². The van der Waals surface area contributed by atoms with Crippen molar-refractivity contribution in [2.75, 3.05) is 0 Å². The second-order valence-electron chi connectivity index (χ2n) is 4.16. The van der Waals surface area contributed by atoms with E-state index in [1.807, 2.05) is 13.0 Å². The molecule has 0 radical (unpaired) electrons. The lowest BCUT2D eigenvalue weighted by molar-refractivity contribution is 0.387. The van der Waals surface area contributed by atoms with Crippen LogP contribution in [-0.4, -0.2) is 22.9 Å². The number of hydrogen-bond acceptors (Lipinski definition) is 4. The lowest BCUT2D eigenvalue weighted by Crippen LogP contribution is -2.06. The summed E-state index contributed by atoms with van der Waals surface area (Å²) in [6.07, 6.45) is 1.72. The number of nitrogens with zero attached hydrogens (tertiary/aromatic N) is 1. The molecule has 0 amide bonds. The van der Waals surface area contributed by atoms with Crippen LogP contribution in [0.15, 0.2) is 30.5 Å². The van der Waals surface area contributed by atoms with Crippen LogP contribution in [0.5, 0.6) is 5.75 Å². The molecule has 19 heavy (non-hydrogen) atoms. The molecule has 0 saturated heterocycles. The van der Waals surface area contributed by atoms with Gasteiger partial charge in [-0.25, -0.2) is 0 Å². The van der Waals surface area contributed by atoms with Gasteiger partial charge in [0.1, 0.15) is 5.75 Å². The number of aromatic nitrogens is 2. The van der Waals surface area contributed by atoms with Gasteiger partial charge in [0.15, 0.2) is 0 Å². The van der Waals surface area contributed by atoms with Crippen LogP contribution in [0.1, 0.15) is 5.69 Å². The molecule has 2 N–H and O–H groups in total. The van der Waals surface area contributed by atoms with Crippen molar-refractivity contribution in [2.24, 2.45) is 0 Å². The number of aromatic amines is 1. The maximum atomic E-state index is 10.7.